The number of amides is 1. The van der Waals surface area contributed by atoms with Crippen LogP contribution in [0.1, 0.15) is 16.1 Å². The average Bonchev–Trinajstić information content (AvgIpc) is 2.94. The Morgan fingerprint density at radius 3 is 2.71 bits per heavy atom. The van der Waals surface area contributed by atoms with E-state index in [-0.39, 0.29) is 5.69 Å². The lowest BCUT2D eigenvalue weighted by Crippen LogP contribution is -2.41. The molecule has 8 heteroatoms. The van der Waals surface area contributed by atoms with Gasteiger partial charge in [0.05, 0.1) is 25.8 Å². The van der Waals surface area contributed by atoms with E-state index in [4.69, 9.17) is 5.73 Å². The van der Waals surface area contributed by atoms with Crippen molar-refractivity contribution in [3.05, 3.63) is 47.8 Å². The van der Waals surface area contributed by atoms with E-state index in [9.17, 15) is 13.6 Å². The maximum atomic E-state index is 12.9. The van der Waals surface area contributed by atoms with Gasteiger partial charge in [0, 0.05) is 0 Å². The third-order valence-corrected chi connectivity index (χ3v) is 2.76. The Kier molecular flexibility index (Phi) is 4.59. The summed E-state index contributed by atoms with van der Waals surface area (Å²) in [5.74, 6) is -3.84. The van der Waals surface area contributed by atoms with Gasteiger partial charge in [-0.05, 0) is 5.56 Å². The van der Waals surface area contributed by atoms with Crippen molar-refractivity contribution in [2.24, 2.45) is 5.73 Å². The first-order valence-electron chi connectivity index (χ1n) is 6.30. The third kappa shape index (κ3) is 4.32. The molecule has 2 rings (SSSR count). The van der Waals surface area contributed by atoms with Gasteiger partial charge in [-0.3, -0.25) is 4.79 Å². The monoisotopic (exact) mass is 295 g/mol. The smallest absolute Gasteiger partial charge is 0.277 e. The second-order valence-electron chi connectivity index (χ2n) is 4.53. The highest BCUT2D eigenvalue weighted by atomic mass is 19.3. The highest BCUT2D eigenvalue weighted by Gasteiger charge is 2.27. The van der Waals surface area contributed by atoms with E-state index in [1.54, 1.807) is 0 Å². The minimum Gasteiger partial charge on any atom is -0.344 e. The van der Waals surface area contributed by atoms with Crippen LogP contribution in [0.2, 0.25) is 0 Å². The topological polar surface area (TPSA) is 85.8 Å². The number of rotatable bonds is 6. The molecule has 1 amide bonds. The minimum absolute atomic E-state index is 0.0150. The van der Waals surface area contributed by atoms with Gasteiger partial charge < -0.3 is 11.1 Å². The van der Waals surface area contributed by atoms with Gasteiger partial charge in [0.15, 0.2) is 5.69 Å². The largest absolute Gasteiger partial charge is 0.344 e. The van der Waals surface area contributed by atoms with Gasteiger partial charge in [-0.15, -0.1) is 5.10 Å². The molecule has 0 bridgehead atoms. The standard InChI is InChI=1S/C13H15F2N5O/c14-13(15,8-16)9-17-12(21)11-7-20(19-18-11)6-10-4-2-1-3-5-10/h1-5,7H,6,8-9,16H2,(H,17,21). The molecular weight excluding hydrogens is 280 g/mol. The summed E-state index contributed by atoms with van der Waals surface area (Å²) in [6.45, 7) is -1.21. The fourth-order valence-corrected chi connectivity index (χ4v) is 1.62. The summed E-state index contributed by atoms with van der Waals surface area (Å²) < 4.78 is 27.3. The number of aromatic nitrogens is 3. The van der Waals surface area contributed by atoms with Crippen LogP contribution in [0.4, 0.5) is 8.78 Å². The van der Waals surface area contributed by atoms with E-state index in [2.05, 4.69) is 15.6 Å². The number of hydrogen-bond acceptors (Lipinski definition) is 4. The quantitative estimate of drug-likeness (QED) is 0.819. The van der Waals surface area contributed by atoms with Gasteiger partial charge in [0.1, 0.15) is 0 Å². The minimum atomic E-state index is -3.13. The van der Waals surface area contributed by atoms with Crippen LogP contribution in [0.15, 0.2) is 36.5 Å². The zero-order valence-corrected chi connectivity index (χ0v) is 11.2. The van der Waals surface area contributed by atoms with Crippen molar-refractivity contribution in [1.29, 1.82) is 0 Å². The van der Waals surface area contributed by atoms with Gasteiger partial charge >= 0.3 is 0 Å². The lowest BCUT2D eigenvalue weighted by Gasteiger charge is -2.13. The molecule has 0 spiro atoms. The van der Waals surface area contributed by atoms with Crippen molar-refractivity contribution in [2.75, 3.05) is 13.1 Å². The Labute approximate surface area is 119 Å². The lowest BCUT2D eigenvalue weighted by molar-refractivity contribution is 0.0118. The predicted octanol–water partition coefficient (Wildman–Crippen LogP) is 0.650. The Balaban J connectivity index is 1.95. The molecule has 1 heterocycles. The van der Waals surface area contributed by atoms with E-state index in [1.807, 2.05) is 30.3 Å². The van der Waals surface area contributed by atoms with Crippen molar-refractivity contribution in [3.8, 4) is 0 Å². The second-order valence-corrected chi connectivity index (χ2v) is 4.53. The van der Waals surface area contributed by atoms with E-state index < -0.39 is 24.9 Å². The molecule has 0 aliphatic heterocycles. The molecule has 3 N–H and O–H groups in total. The summed E-state index contributed by atoms with van der Waals surface area (Å²) in [4.78, 5) is 11.7. The van der Waals surface area contributed by atoms with Crippen LogP contribution in [-0.2, 0) is 6.54 Å². The van der Waals surface area contributed by atoms with Crippen LogP contribution in [-0.4, -0.2) is 39.9 Å². The molecule has 0 aliphatic rings. The number of benzene rings is 1. The average molecular weight is 295 g/mol. The number of alkyl halides is 2. The predicted molar refractivity (Wildman–Crippen MR) is 71.9 cm³/mol. The summed E-state index contributed by atoms with van der Waals surface area (Å²) in [6.07, 6.45) is 1.41. The Morgan fingerprint density at radius 2 is 2.05 bits per heavy atom. The van der Waals surface area contributed by atoms with Crippen molar-refractivity contribution >= 4 is 5.91 Å². The van der Waals surface area contributed by atoms with Crippen LogP contribution in [0, 0.1) is 0 Å². The number of nitrogens with one attached hydrogen (secondary N) is 1. The SMILES string of the molecule is NCC(F)(F)CNC(=O)c1cn(Cc2ccccc2)nn1. The van der Waals surface area contributed by atoms with Crippen LogP contribution < -0.4 is 11.1 Å². The lowest BCUT2D eigenvalue weighted by atomic mass is 10.2. The van der Waals surface area contributed by atoms with Gasteiger partial charge in [0.25, 0.3) is 11.8 Å². The number of nitrogens with two attached hydrogens (primary N) is 1. The summed E-state index contributed by atoms with van der Waals surface area (Å²) in [5, 5.41) is 9.54. The molecular formula is C13H15F2N5O. The van der Waals surface area contributed by atoms with Crippen molar-refractivity contribution < 1.29 is 13.6 Å². The highest BCUT2D eigenvalue weighted by molar-refractivity contribution is 5.91. The Morgan fingerprint density at radius 1 is 1.33 bits per heavy atom. The fourth-order valence-electron chi connectivity index (χ4n) is 1.62. The zero-order valence-electron chi connectivity index (χ0n) is 11.2. The molecule has 0 atom stereocenters. The number of halogens is 2. The zero-order chi connectivity index (χ0) is 15.3. The molecule has 0 fully saturated rings. The van der Waals surface area contributed by atoms with Crippen LogP contribution in [0.5, 0.6) is 0 Å². The molecule has 0 aliphatic carbocycles. The van der Waals surface area contributed by atoms with Crippen molar-refractivity contribution in [3.63, 3.8) is 0 Å². The second kappa shape index (κ2) is 6.40. The summed E-state index contributed by atoms with van der Waals surface area (Å²) in [5.41, 5.74) is 5.86. The first-order chi connectivity index (χ1) is 10.00. The number of hydrogen-bond donors (Lipinski definition) is 2. The first-order valence-corrected chi connectivity index (χ1v) is 6.30. The maximum absolute atomic E-state index is 12.9. The van der Waals surface area contributed by atoms with Crippen LogP contribution in [0.25, 0.3) is 0 Å². The first kappa shape index (κ1) is 15.0. The van der Waals surface area contributed by atoms with E-state index in [0.717, 1.165) is 5.56 Å². The molecule has 0 saturated heterocycles. The Bertz CT molecular complexity index is 600. The van der Waals surface area contributed by atoms with E-state index >= 15 is 0 Å². The maximum Gasteiger partial charge on any atom is 0.277 e. The fraction of sp³-hybridized carbons (Fsp3) is 0.308. The summed E-state index contributed by atoms with van der Waals surface area (Å²) >= 11 is 0. The van der Waals surface area contributed by atoms with Gasteiger partial charge in [0.2, 0.25) is 0 Å². The molecule has 0 radical (unpaired) electrons. The van der Waals surface area contributed by atoms with Gasteiger partial charge in [-0.2, -0.15) is 0 Å². The molecule has 1 aromatic carbocycles. The number of nitrogens with zero attached hydrogens (tertiary/aromatic N) is 3. The van der Waals surface area contributed by atoms with Crippen LogP contribution >= 0.6 is 0 Å². The molecule has 6 nitrogen and oxygen atoms in total. The molecule has 0 unspecified atom stereocenters. The molecule has 0 saturated carbocycles. The normalized spacial score (nSPS) is 11.4. The molecule has 21 heavy (non-hydrogen) atoms. The van der Waals surface area contributed by atoms with Gasteiger partial charge in [-0.25, -0.2) is 13.5 Å². The Hall–Kier alpha value is -2.35. The number of carbonyl (C=O) groups excluding carboxylic acids is 1. The van der Waals surface area contributed by atoms with E-state index in [0.29, 0.717) is 6.54 Å². The molecule has 112 valence electrons. The summed E-state index contributed by atoms with van der Waals surface area (Å²) in [6, 6.07) is 9.47. The number of carbonyl (C=O) groups is 1. The third-order valence-electron chi connectivity index (χ3n) is 2.76. The van der Waals surface area contributed by atoms with Gasteiger partial charge in [-0.1, -0.05) is 35.5 Å². The van der Waals surface area contributed by atoms with Crippen LogP contribution in [0.3, 0.4) is 0 Å². The van der Waals surface area contributed by atoms with Crippen molar-refractivity contribution in [1.82, 2.24) is 20.3 Å². The summed E-state index contributed by atoms with van der Waals surface area (Å²) in [7, 11) is 0. The molecule has 2 aromatic rings. The van der Waals surface area contributed by atoms with Crippen molar-refractivity contribution in [2.45, 2.75) is 12.5 Å². The van der Waals surface area contributed by atoms with E-state index in [1.165, 1.54) is 10.9 Å². The molecule has 1 aromatic heterocycles. The highest BCUT2D eigenvalue weighted by Crippen LogP contribution is 2.09.